The smallest absolute Gasteiger partial charge is 0.0574 e. The van der Waals surface area contributed by atoms with Crippen molar-refractivity contribution in [1.29, 1.82) is 0 Å². The molecule has 0 atom stereocenters. The van der Waals surface area contributed by atoms with E-state index in [1.807, 2.05) is 0 Å². The van der Waals surface area contributed by atoms with Crippen LogP contribution >= 0.6 is 0 Å². The summed E-state index contributed by atoms with van der Waals surface area (Å²) in [5.41, 5.74) is 9.74. The number of anilines is 1. The minimum Gasteiger partial charge on any atom is -0.384 e. The van der Waals surface area contributed by atoms with Crippen LogP contribution in [0.4, 0.5) is 5.69 Å². The van der Waals surface area contributed by atoms with Crippen molar-refractivity contribution in [1.82, 2.24) is 0 Å². The van der Waals surface area contributed by atoms with Crippen molar-refractivity contribution in [2.24, 2.45) is 11.1 Å². The maximum atomic E-state index is 5.79. The summed E-state index contributed by atoms with van der Waals surface area (Å²) < 4.78 is 5.26. The van der Waals surface area contributed by atoms with Crippen LogP contribution in [0.2, 0.25) is 0 Å². The van der Waals surface area contributed by atoms with Crippen LogP contribution in [0.25, 0.3) is 0 Å². The van der Waals surface area contributed by atoms with Crippen molar-refractivity contribution >= 4 is 5.69 Å². The molecule has 0 spiro atoms. The molecule has 0 aliphatic carbocycles. The molecule has 3 heteroatoms. The third-order valence-electron chi connectivity index (χ3n) is 3.37. The number of nitrogens with two attached hydrogens (primary N) is 1. The molecule has 1 aromatic rings. The van der Waals surface area contributed by atoms with Gasteiger partial charge in [0.1, 0.15) is 0 Å². The van der Waals surface area contributed by atoms with E-state index in [9.17, 15) is 0 Å². The lowest BCUT2D eigenvalue weighted by molar-refractivity contribution is -0.0979. The van der Waals surface area contributed by atoms with Crippen LogP contribution in [0.5, 0.6) is 0 Å². The number of ether oxygens (including phenoxy) is 1. The molecule has 3 nitrogen and oxygen atoms in total. The fourth-order valence-corrected chi connectivity index (χ4v) is 2.05. The number of nitrogens with one attached hydrogen (secondary N) is 1. The van der Waals surface area contributed by atoms with E-state index < -0.39 is 0 Å². The zero-order chi connectivity index (χ0) is 11.6. The Hall–Kier alpha value is -1.06. The molecule has 1 aliphatic rings. The minimum atomic E-state index is 0.148. The number of hydrogen-bond acceptors (Lipinski definition) is 3. The molecular weight excluding hydrogens is 200 g/mol. The van der Waals surface area contributed by atoms with E-state index in [2.05, 4.69) is 37.4 Å². The Labute approximate surface area is 97.0 Å². The molecule has 0 amide bonds. The Morgan fingerprint density at radius 3 is 2.38 bits per heavy atom. The van der Waals surface area contributed by atoms with E-state index >= 15 is 0 Å². The number of hydrogen-bond donors (Lipinski definition) is 2. The Morgan fingerprint density at radius 2 is 1.94 bits per heavy atom. The summed E-state index contributed by atoms with van der Waals surface area (Å²) in [5.74, 6) is 0. The molecular formula is C13H20N2O. The highest BCUT2D eigenvalue weighted by Gasteiger charge is 2.37. The first kappa shape index (κ1) is 11.4. The maximum Gasteiger partial charge on any atom is 0.0574 e. The van der Waals surface area contributed by atoms with Gasteiger partial charge in [0.2, 0.25) is 0 Å². The lowest BCUT2D eigenvalue weighted by atomic mass is 9.86. The Bertz CT molecular complexity index is 346. The van der Waals surface area contributed by atoms with Gasteiger partial charge >= 0.3 is 0 Å². The quantitative estimate of drug-likeness (QED) is 0.811. The molecule has 16 heavy (non-hydrogen) atoms. The van der Waals surface area contributed by atoms with Gasteiger partial charge in [0.25, 0.3) is 0 Å². The summed E-state index contributed by atoms with van der Waals surface area (Å²) in [5, 5.41) is 3.51. The maximum absolute atomic E-state index is 5.79. The lowest BCUT2D eigenvalue weighted by Gasteiger charge is -2.41. The van der Waals surface area contributed by atoms with Crippen LogP contribution in [0.3, 0.4) is 0 Å². The number of aryl methyl sites for hydroxylation is 2. The van der Waals surface area contributed by atoms with Crippen molar-refractivity contribution in [3.05, 3.63) is 29.3 Å². The Balaban J connectivity index is 2.04. The van der Waals surface area contributed by atoms with Gasteiger partial charge in [-0.3, -0.25) is 0 Å². The van der Waals surface area contributed by atoms with E-state index in [1.165, 1.54) is 16.8 Å². The molecule has 1 fully saturated rings. The van der Waals surface area contributed by atoms with Gasteiger partial charge in [-0.05, 0) is 25.0 Å². The zero-order valence-corrected chi connectivity index (χ0v) is 10.0. The van der Waals surface area contributed by atoms with Crippen LogP contribution in [0.15, 0.2) is 18.2 Å². The Morgan fingerprint density at radius 1 is 1.31 bits per heavy atom. The van der Waals surface area contributed by atoms with Gasteiger partial charge in [-0.25, -0.2) is 0 Å². The highest BCUT2D eigenvalue weighted by Crippen LogP contribution is 2.28. The fraction of sp³-hybridized carbons (Fsp3) is 0.538. The third-order valence-corrected chi connectivity index (χ3v) is 3.37. The lowest BCUT2D eigenvalue weighted by Crippen LogP contribution is -2.52. The normalized spacial score (nSPS) is 17.9. The molecule has 3 N–H and O–H groups in total. The zero-order valence-electron chi connectivity index (χ0n) is 10.0. The summed E-state index contributed by atoms with van der Waals surface area (Å²) in [6, 6.07) is 6.34. The first-order valence-electron chi connectivity index (χ1n) is 5.75. The second-order valence-electron chi connectivity index (χ2n) is 4.82. The summed E-state index contributed by atoms with van der Waals surface area (Å²) in [4.78, 5) is 0. The van der Waals surface area contributed by atoms with Gasteiger partial charge in [-0.1, -0.05) is 18.2 Å². The van der Waals surface area contributed by atoms with Gasteiger partial charge in [0, 0.05) is 24.2 Å². The van der Waals surface area contributed by atoms with Crippen LogP contribution in [0.1, 0.15) is 11.1 Å². The van der Waals surface area contributed by atoms with Gasteiger partial charge in [-0.15, -0.1) is 0 Å². The molecule has 1 aromatic carbocycles. The predicted octanol–water partition coefficient (Wildman–Crippen LogP) is 1.69. The number of rotatable bonds is 4. The van der Waals surface area contributed by atoms with Crippen molar-refractivity contribution in [3.8, 4) is 0 Å². The monoisotopic (exact) mass is 220 g/mol. The SMILES string of the molecule is Cc1cccc(C)c1NCC1(CN)COC1. The first-order chi connectivity index (χ1) is 7.67. The molecule has 0 radical (unpaired) electrons. The summed E-state index contributed by atoms with van der Waals surface area (Å²) in [6.45, 7) is 7.40. The second-order valence-corrected chi connectivity index (χ2v) is 4.82. The number of benzene rings is 1. The van der Waals surface area contributed by atoms with Crippen molar-refractivity contribution in [2.45, 2.75) is 13.8 Å². The first-order valence-corrected chi connectivity index (χ1v) is 5.75. The fourth-order valence-electron chi connectivity index (χ4n) is 2.05. The third kappa shape index (κ3) is 2.06. The highest BCUT2D eigenvalue weighted by molar-refractivity contribution is 5.56. The second kappa shape index (κ2) is 4.44. The average molecular weight is 220 g/mol. The van der Waals surface area contributed by atoms with Gasteiger partial charge in [-0.2, -0.15) is 0 Å². The molecule has 88 valence electrons. The molecule has 0 bridgehead atoms. The molecule has 1 aliphatic heterocycles. The largest absolute Gasteiger partial charge is 0.384 e. The van der Waals surface area contributed by atoms with Gasteiger partial charge < -0.3 is 15.8 Å². The van der Waals surface area contributed by atoms with Gasteiger partial charge in [0.15, 0.2) is 0 Å². The van der Waals surface area contributed by atoms with Crippen molar-refractivity contribution < 1.29 is 4.74 Å². The standard InChI is InChI=1S/C13H20N2O/c1-10-4-3-5-11(2)12(10)15-7-13(6-14)8-16-9-13/h3-5,15H,6-9,14H2,1-2H3. The summed E-state index contributed by atoms with van der Waals surface area (Å²) in [6.07, 6.45) is 0. The van der Waals surface area contributed by atoms with Crippen molar-refractivity contribution in [3.63, 3.8) is 0 Å². The number of para-hydroxylation sites is 1. The van der Waals surface area contributed by atoms with Crippen LogP contribution in [-0.2, 0) is 4.74 Å². The predicted molar refractivity (Wildman–Crippen MR) is 66.7 cm³/mol. The molecule has 0 aromatic heterocycles. The average Bonchev–Trinajstić information content (AvgIpc) is 2.20. The summed E-state index contributed by atoms with van der Waals surface area (Å²) in [7, 11) is 0. The van der Waals surface area contributed by atoms with E-state index in [0.717, 1.165) is 19.8 Å². The van der Waals surface area contributed by atoms with Crippen LogP contribution in [-0.4, -0.2) is 26.3 Å². The van der Waals surface area contributed by atoms with E-state index in [4.69, 9.17) is 10.5 Å². The minimum absolute atomic E-state index is 0.148. The van der Waals surface area contributed by atoms with Crippen LogP contribution < -0.4 is 11.1 Å². The van der Waals surface area contributed by atoms with Crippen molar-refractivity contribution in [2.75, 3.05) is 31.6 Å². The van der Waals surface area contributed by atoms with Crippen LogP contribution in [0, 0.1) is 19.3 Å². The topological polar surface area (TPSA) is 47.3 Å². The molecule has 1 heterocycles. The van der Waals surface area contributed by atoms with E-state index in [-0.39, 0.29) is 5.41 Å². The molecule has 0 unspecified atom stereocenters. The van der Waals surface area contributed by atoms with Gasteiger partial charge in [0.05, 0.1) is 13.2 Å². The Kier molecular flexibility index (Phi) is 3.17. The van der Waals surface area contributed by atoms with E-state index in [0.29, 0.717) is 6.54 Å². The molecule has 2 rings (SSSR count). The summed E-state index contributed by atoms with van der Waals surface area (Å²) >= 11 is 0. The molecule has 0 saturated carbocycles. The highest BCUT2D eigenvalue weighted by atomic mass is 16.5. The molecule has 1 saturated heterocycles. The van der Waals surface area contributed by atoms with E-state index in [1.54, 1.807) is 0 Å².